The standard InChI is InChI=1S/C27H22O8/c1-31-17-10-8-9-16(15-17)23-34-26(27(35-23,24(29)32-2)25(30)33-3)21-14-7-6-12-19(21)18-11-4-5-13-20(18)22(26)28/h4-15,23H,1-3H3/t23-,26+/m1/s1. The molecule has 0 amide bonds. The number of hydrogen-bond donors (Lipinski definition) is 0. The number of esters is 2. The van der Waals surface area contributed by atoms with Gasteiger partial charge in [-0.3, -0.25) is 4.79 Å². The van der Waals surface area contributed by atoms with Crippen molar-refractivity contribution in [3.05, 3.63) is 89.5 Å². The lowest BCUT2D eigenvalue weighted by Gasteiger charge is -2.41. The number of ether oxygens (including phenoxy) is 5. The van der Waals surface area contributed by atoms with Crippen LogP contribution in [-0.4, -0.2) is 44.7 Å². The van der Waals surface area contributed by atoms with Crippen LogP contribution in [0.15, 0.2) is 72.8 Å². The Morgan fingerprint density at radius 3 is 2.06 bits per heavy atom. The molecule has 5 rings (SSSR count). The summed E-state index contributed by atoms with van der Waals surface area (Å²) in [5.74, 6) is -2.35. The number of ketones is 1. The van der Waals surface area contributed by atoms with Gasteiger partial charge in [-0.1, -0.05) is 60.7 Å². The highest BCUT2D eigenvalue weighted by Gasteiger charge is 2.77. The van der Waals surface area contributed by atoms with Gasteiger partial charge in [0.25, 0.3) is 0 Å². The summed E-state index contributed by atoms with van der Waals surface area (Å²) < 4.78 is 27.9. The molecule has 2 atom stereocenters. The minimum atomic E-state index is -2.58. The van der Waals surface area contributed by atoms with Crippen molar-refractivity contribution in [1.82, 2.24) is 0 Å². The fraction of sp³-hybridized carbons (Fsp3) is 0.222. The van der Waals surface area contributed by atoms with Crippen LogP contribution in [0.4, 0.5) is 0 Å². The van der Waals surface area contributed by atoms with Gasteiger partial charge in [0.05, 0.1) is 21.3 Å². The maximum atomic E-state index is 14.3. The molecule has 1 heterocycles. The first kappa shape index (κ1) is 22.8. The minimum absolute atomic E-state index is 0.276. The Kier molecular flexibility index (Phi) is 5.42. The Morgan fingerprint density at radius 2 is 1.40 bits per heavy atom. The van der Waals surface area contributed by atoms with E-state index in [1.807, 2.05) is 0 Å². The Labute approximate surface area is 201 Å². The van der Waals surface area contributed by atoms with Gasteiger partial charge >= 0.3 is 17.5 Å². The average Bonchev–Trinajstić information content (AvgIpc) is 3.29. The number of fused-ring (bicyclic) bond motifs is 4. The molecule has 0 radical (unpaired) electrons. The van der Waals surface area contributed by atoms with E-state index in [0.717, 1.165) is 14.2 Å². The van der Waals surface area contributed by atoms with Crippen molar-refractivity contribution < 1.29 is 38.1 Å². The molecule has 8 nitrogen and oxygen atoms in total. The zero-order valence-electron chi connectivity index (χ0n) is 19.3. The number of methoxy groups -OCH3 is 3. The van der Waals surface area contributed by atoms with E-state index in [9.17, 15) is 14.4 Å². The topological polar surface area (TPSA) is 97.4 Å². The molecule has 3 aromatic rings. The number of Topliss-reactive ketones (excluding diaryl/α,β-unsaturated/α-hetero) is 1. The fourth-order valence-electron chi connectivity index (χ4n) is 4.91. The third-order valence-electron chi connectivity index (χ3n) is 6.46. The van der Waals surface area contributed by atoms with Crippen molar-refractivity contribution in [2.45, 2.75) is 17.5 Å². The van der Waals surface area contributed by atoms with E-state index in [-0.39, 0.29) is 5.56 Å². The largest absolute Gasteiger partial charge is 0.497 e. The number of benzene rings is 3. The lowest BCUT2D eigenvalue weighted by atomic mass is 9.66. The fourth-order valence-corrected chi connectivity index (χ4v) is 4.91. The third kappa shape index (κ3) is 2.97. The summed E-state index contributed by atoms with van der Waals surface area (Å²) in [7, 11) is 3.72. The van der Waals surface area contributed by atoms with Crippen molar-refractivity contribution in [1.29, 1.82) is 0 Å². The van der Waals surface area contributed by atoms with E-state index < -0.39 is 35.2 Å². The Morgan fingerprint density at radius 1 is 0.771 bits per heavy atom. The normalized spacial score (nSPS) is 21.7. The van der Waals surface area contributed by atoms with Crippen LogP contribution in [0.3, 0.4) is 0 Å². The molecule has 1 fully saturated rings. The van der Waals surface area contributed by atoms with Gasteiger partial charge in [-0.25, -0.2) is 9.59 Å². The first-order valence-electron chi connectivity index (χ1n) is 10.8. The molecule has 3 aromatic carbocycles. The van der Waals surface area contributed by atoms with E-state index in [1.54, 1.807) is 72.8 Å². The van der Waals surface area contributed by atoms with Gasteiger partial charge in [0.2, 0.25) is 11.4 Å². The van der Waals surface area contributed by atoms with Gasteiger partial charge in [0, 0.05) is 16.7 Å². The van der Waals surface area contributed by atoms with Crippen LogP contribution in [0.5, 0.6) is 5.75 Å². The summed E-state index contributed by atoms with van der Waals surface area (Å²) >= 11 is 0. The SMILES string of the molecule is COC(=O)C1(C(=O)OC)O[C@H](c2cccc(OC)c2)O[C@@]12C(=O)c1ccccc1-c1ccccc12. The zero-order chi connectivity index (χ0) is 24.8. The van der Waals surface area contributed by atoms with Crippen molar-refractivity contribution in [3.8, 4) is 16.9 Å². The number of carbonyl (C=O) groups is 3. The summed E-state index contributed by atoms with van der Waals surface area (Å²) in [6, 6.07) is 20.6. The van der Waals surface area contributed by atoms with E-state index in [2.05, 4.69) is 0 Å². The third-order valence-corrected chi connectivity index (χ3v) is 6.46. The Bertz CT molecular complexity index is 1330. The molecule has 35 heavy (non-hydrogen) atoms. The highest BCUT2D eigenvalue weighted by Crippen LogP contribution is 2.58. The Hall–Kier alpha value is -4.01. The summed E-state index contributed by atoms with van der Waals surface area (Å²) in [6.45, 7) is 0. The molecular formula is C27H22O8. The van der Waals surface area contributed by atoms with Crippen LogP contribution in [0.1, 0.15) is 27.8 Å². The minimum Gasteiger partial charge on any atom is -0.497 e. The lowest BCUT2D eigenvalue weighted by molar-refractivity contribution is -0.190. The lowest BCUT2D eigenvalue weighted by Crippen LogP contribution is -2.65. The average molecular weight is 474 g/mol. The van der Waals surface area contributed by atoms with Gasteiger partial charge in [-0.05, 0) is 23.3 Å². The van der Waals surface area contributed by atoms with Crippen LogP contribution in [-0.2, 0) is 34.1 Å². The molecule has 178 valence electrons. The van der Waals surface area contributed by atoms with Crippen LogP contribution in [0.25, 0.3) is 11.1 Å². The van der Waals surface area contributed by atoms with Crippen molar-refractivity contribution in [2.24, 2.45) is 0 Å². The molecule has 8 heteroatoms. The molecule has 1 saturated heterocycles. The van der Waals surface area contributed by atoms with E-state index in [4.69, 9.17) is 23.7 Å². The predicted molar refractivity (Wildman–Crippen MR) is 123 cm³/mol. The molecule has 1 spiro atoms. The molecular weight excluding hydrogens is 452 g/mol. The highest BCUT2D eigenvalue weighted by molar-refractivity contribution is 6.20. The van der Waals surface area contributed by atoms with Gasteiger partial charge in [-0.2, -0.15) is 0 Å². The maximum Gasteiger partial charge on any atom is 0.354 e. The monoisotopic (exact) mass is 474 g/mol. The smallest absolute Gasteiger partial charge is 0.354 e. The van der Waals surface area contributed by atoms with Crippen LogP contribution in [0.2, 0.25) is 0 Å². The quantitative estimate of drug-likeness (QED) is 0.418. The second kappa shape index (κ2) is 8.33. The van der Waals surface area contributed by atoms with Gasteiger partial charge in [0.15, 0.2) is 6.29 Å². The Balaban J connectivity index is 1.85. The molecule has 0 bridgehead atoms. The molecule has 2 aliphatic rings. The van der Waals surface area contributed by atoms with Crippen molar-refractivity contribution in [3.63, 3.8) is 0 Å². The first-order valence-corrected chi connectivity index (χ1v) is 10.8. The summed E-state index contributed by atoms with van der Waals surface area (Å²) in [6.07, 6.45) is -1.30. The molecule has 1 aliphatic heterocycles. The summed E-state index contributed by atoms with van der Waals surface area (Å²) in [5.41, 5.74) is -2.52. The van der Waals surface area contributed by atoms with Gasteiger partial charge in [0.1, 0.15) is 5.75 Å². The molecule has 0 saturated carbocycles. The maximum absolute atomic E-state index is 14.3. The molecule has 1 aliphatic carbocycles. The highest BCUT2D eigenvalue weighted by atomic mass is 16.8. The van der Waals surface area contributed by atoms with Crippen LogP contribution in [0, 0.1) is 0 Å². The van der Waals surface area contributed by atoms with Crippen molar-refractivity contribution >= 4 is 17.7 Å². The summed E-state index contributed by atoms with van der Waals surface area (Å²) in [5, 5.41) is 0. The number of rotatable bonds is 4. The number of carbonyl (C=O) groups excluding carboxylic acids is 3. The summed E-state index contributed by atoms with van der Waals surface area (Å²) in [4.78, 5) is 41.3. The molecule has 0 unspecified atom stereocenters. The second-order valence-corrected chi connectivity index (χ2v) is 8.11. The number of hydrogen-bond acceptors (Lipinski definition) is 8. The van der Waals surface area contributed by atoms with Crippen molar-refractivity contribution in [2.75, 3.05) is 21.3 Å². The first-order chi connectivity index (χ1) is 16.9. The van der Waals surface area contributed by atoms with E-state index in [0.29, 0.717) is 28.0 Å². The molecule has 0 N–H and O–H groups in total. The van der Waals surface area contributed by atoms with E-state index >= 15 is 0 Å². The van der Waals surface area contributed by atoms with Gasteiger partial charge in [-0.15, -0.1) is 0 Å². The zero-order valence-corrected chi connectivity index (χ0v) is 19.3. The van der Waals surface area contributed by atoms with E-state index in [1.165, 1.54) is 7.11 Å². The van der Waals surface area contributed by atoms with Crippen LogP contribution >= 0.6 is 0 Å². The van der Waals surface area contributed by atoms with Crippen LogP contribution < -0.4 is 4.74 Å². The second-order valence-electron chi connectivity index (χ2n) is 8.11. The van der Waals surface area contributed by atoms with Gasteiger partial charge < -0.3 is 23.7 Å². The molecule has 0 aromatic heterocycles. The predicted octanol–water partition coefficient (Wildman–Crippen LogP) is 3.58.